The molecule has 2 nitrogen and oxygen atoms in total. The highest BCUT2D eigenvalue weighted by Crippen LogP contribution is 2.23. The van der Waals surface area contributed by atoms with Gasteiger partial charge in [0.1, 0.15) is 0 Å². The molecule has 0 saturated heterocycles. The van der Waals surface area contributed by atoms with E-state index in [0.29, 0.717) is 0 Å². The van der Waals surface area contributed by atoms with E-state index in [2.05, 4.69) is 29.6 Å². The van der Waals surface area contributed by atoms with Crippen molar-refractivity contribution in [2.75, 3.05) is 11.9 Å². The average molecular weight is 175 g/mol. The predicted octanol–water partition coefficient (Wildman–Crippen LogP) is 1.88. The van der Waals surface area contributed by atoms with Crippen LogP contribution in [0.1, 0.15) is 12.0 Å². The number of para-hydroxylation sites is 1. The molecule has 1 aromatic carbocycles. The Kier molecular flexibility index (Phi) is 2.32. The predicted molar refractivity (Wildman–Crippen MR) is 54.6 cm³/mol. The summed E-state index contributed by atoms with van der Waals surface area (Å²) in [6, 6.07) is 8.45. The second kappa shape index (κ2) is 3.62. The fourth-order valence-electron chi connectivity index (χ4n) is 1.55. The molecule has 1 aliphatic heterocycles. The molecule has 68 valence electrons. The Bertz CT molecular complexity index is 320. The van der Waals surface area contributed by atoms with Crippen LogP contribution in [-0.4, -0.2) is 17.8 Å². The van der Waals surface area contributed by atoms with Crippen LogP contribution in [0.4, 0.5) is 5.69 Å². The monoisotopic (exact) mass is 175 g/mol. The first-order valence-electron chi connectivity index (χ1n) is 4.55. The lowest BCUT2D eigenvalue weighted by Crippen LogP contribution is -2.20. The number of benzene rings is 1. The zero-order chi connectivity index (χ0) is 9.10. The summed E-state index contributed by atoms with van der Waals surface area (Å²) in [5.74, 6) is 0. The zero-order valence-electron chi connectivity index (χ0n) is 7.40. The van der Waals surface area contributed by atoms with E-state index < -0.39 is 0 Å². The van der Waals surface area contributed by atoms with Gasteiger partial charge >= 0.3 is 0 Å². The number of aliphatic hydroxyl groups is 1. The van der Waals surface area contributed by atoms with Crippen LogP contribution in [-0.2, 0) is 0 Å². The molecule has 2 rings (SSSR count). The Labute approximate surface area is 77.9 Å². The first-order valence-corrected chi connectivity index (χ1v) is 4.55. The van der Waals surface area contributed by atoms with Crippen LogP contribution >= 0.6 is 0 Å². The van der Waals surface area contributed by atoms with Crippen molar-refractivity contribution in [3.05, 3.63) is 35.9 Å². The molecule has 2 heteroatoms. The van der Waals surface area contributed by atoms with Gasteiger partial charge in [-0.1, -0.05) is 30.4 Å². The third-order valence-electron chi connectivity index (χ3n) is 2.25. The molecule has 1 atom stereocenters. The van der Waals surface area contributed by atoms with Gasteiger partial charge < -0.3 is 10.4 Å². The molecule has 0 aromatic heterocycles. The second-order valence-corrected chi connectivity index (χ2v) is 3.21. The lowest BCUT2D eigenvalue weighted by Gasteiger charge is -2.21. The quantitative estimate of drug-likeness (QED) is 0.719. The van der Waals surface area contributed by atoms with Gasteiger partial charge in [0.25, 0.3) is 0 Å². The molecular weight excluding hydrogens is 162 g/mol. The highest BCUT2D eigenvalue weighted by Gasteiger charge is 2.10. The highest BCUT2D eigenvalue weighted by atomic mass is 16.3. The summed E-state index contributed by atoms with van der Waals surface area (Å²) in [6.45, 7) is 0.226. The second-order valence-electron chi connectivity index (χ2n) is 3.21. The van der Waals surface area contributed by atoms with Gasteiger partial charge in [0.2, 0.25) is 0 Å². The van der Waals surface area contributed by atoms with Crippen molar-refractivity contribution >= 4 is 11.8 Å². The Morgan fingerprint density at radius 1 is 1.31 bits per heavy atom. The number of nitrogens with one attached hydrogen (secondary N) is 1. The van der Waals surface area contributed by atoms with E-state index in [4.69, 9.17) is 5.11 Å². The molecule has 13 heavy (non-hydrogen) atoms. The topological polar surface area (TPSA) is 32.3 Å². The van der Waals surface area contributed by atoms with Crippen LogP contribution in [0.3, 0.4) is 0 Å². The van der Waals surface area contributed by atoms with E-state index in [1.807, 2.05) is 12.1 Å². The Balaban J connectivity index is 2.19. The van der Waals surface area contributed by atoms with Crippen LogP contribution in [0.25, 0.3) is 6.08 Å². The smallest absolute Gasteiger partial charge is 0.0469 e. The van der Waals surface area contributed by atoms with Gasteiger partial charge in [0.05, 0.1) is 0 Å². The third kappa shape index (κ3) is 1.73. The molecule has 2 N–H and O–H groups in total. The number of hydrogen-bond donors (Lipinski definition) is 2. The normalized spacial score (nSPS) is 19.3. The van der Waals surface area contributed by atoms with Gasteiger partial charge in [-0.25, -0.2) is 0 Å². The molecule has 1 heterocycles. The molecule has 0 aliphatic carbocycles. The molecule has 0 saturated carbocycles. The van der Waals surface area contributed by atoms with Crippen molar-refractivity contribution in [1.82, 2.24) is 0 Å². The maximum absolute atomic E-state index is 8.79. The summed E-state index contributed by atoms with van der Waals surface area (Å²) in [5.41, 5.74) is 2.38. The first-order chi connectivity index (χ1) is 6.40. The minimum atomic E-state index is 0.226. The zero-order valence-corrected chi connectivity index (χ0v) is 7.40. The van der Waals surface area contributed by atoms with E-state index in [1.165, 1.54) is 5.56 Å². The first kappa shape index (κ1) is 8.32. The summed E-state index contributed by atoms with van der Waals surface area (Å²) in [6.07, 6.45) is 4.97. The number of anilines is 1. The fourth-order valence-corrected chi connectivity index (χ4v) is 1.55. The maximum Gasteiger partial charge on any atom is 0.0469 e. The van der Waals surface area contributed by atoms with Crippen molar-refractivity contribution in [3.8, 4) is 0 Å². The van der Waals surface area contributed by atoms with Crippen LogP contribution in [0.15, 0.2) is 30.3 Å². The van der Waals surface area contributed by atoms with E-state index >= 15 is 0 Å². The summed E-state index contributed by atoms with van der Waals surface area (Å²) >= 11 is 0. The van der Waals surface area contributed by atoms with Gasteiger partial charge in [-0.2, -0.15) is 0 Å². The van der Waals surface area contributed by atoms with Crippen LogP contribution in [0, 0.1) is 0 Å². The van der Waals surface area contributed by atoms with Gasteiger partial charge in [0, 0.05) is 18.3 Å². The van der Waals surface area contributed by atoms with E-state index in [0.717, 1.165) is 12.1 Å². The van der Waals surface area contributed by atoms with Crippen molar-refractivity contribution in [2.45, 2.75) is 12.5 Å². The number of aliphatic hydroxyl groups excluding tert-OH is 1. The largest absolute Gasteiger partial charge is 0.396 e. The lowest BCUT2D eigenvalue weighted by molar-refractivity contribution is 0.285. The van der Waals surface area contributed by atoms with Crippen molar-refractivity contribution < 1.29 is 5.11 Å². The summed E-state index contributed by atoms with van der Waals surface area (Å²) < 4.78 is 0. The van der Waals surface area contributed by atoms with Crippen LogP contribution in [0.5, 0.6) is 0 Å². The number of rotatable bonds is 2. The summed E-state index contributed by atoms with van der Waals surface area (Å²) in [4.78, 5) is 0. The standard InChI is InChI=1S/C11H13NO/c13-8-7-10-6-5-9-3-1-2-4-11(9)12-10/h1-6,10,12-13H,7-8H2. The molecule has 0 fully saturated rings. The Morgan fingerprint density at radius 2 is 2.15 bits per heavy atom. The molecule has 1 unspecified atom stereocenters. The SMILES string of the molecule is OCCC1C=Cc2ccccc2N1. The molecular formula is C11H13NO. The maximum atomic E-state index is 8.79. The van der Waals surface area contributed by atoms with Crippen LogP contribution in [0.2, 0.25) is 0 Å². The van der Waals surface area contributed by atoms with E-state index in [1.54, 1.807) is 0 Å². The minimum absolute atomic E-state index is 0.226. The molecule has 1 aromatic rings. The summed E-state index contributed by atoms with van der Waals surface area (Å²) in [7, 11) is 0. The van der Waals surface area contributed by atoms with Crippen molar-refractivity contribution in [3.63, 3.8) is 0 Å². The lowest BCUT2D eigenvalue weighted by atomic mass is 10.0. The number of fused-ring (bicyclic) bond motifs is 1. The fraction of sp³-hybridized carbons (Fsp3) is 0.273. The van der Waals surface area contributed by atoms with Crippen molar-refractivity contribution in [1.29, 1.82) is 0 Å². The van der Waals surface area contributed by atoms with E-state index in [-0.39, 0.29) is 12.6 Å². The minimum Gasteiger partial charge on any atom is -0.396 e. The van der Waals surface area contributed by atoms with Gasteiger partial charge in [0.15, 0.2) is 0 Å². The molecule has 0 spiro atoms. The summed E-state index contributed by atoms with van der Waals surface area (Å²) in [5, 5.41) is 12.1. The third-order valence-corrected chi connectivity index (χ3v) is 2.25. The molecule has 1 aliphatic rings. The Hall–Kier alpha value is -1.28. The number of hydrogen-bond acceptors (Lipinski definition) is 2. The van der Waals surface area contributed by atoms with E-state index in [9.17, 15) is 0 Å². The molecule has 0 amide bonds. The van der Waals surface area contributed by atoms with Crippen molar-refractivity contribution in [2.24, 2.45) is 0 Å². The van der Waals surface area contributed by atoms with Gasteiger partial charge in [-0.3, -0.25) is 0 Å². The van der Waals surface area contributed by atoms with Gasteiger partial charge in [-0.15, -0.1) is 0 Å². The molecule has 0 radical (unpaired) electrons. The van der Waals surface area contributed by atoms with Crippen LogP contribution < -0.4 is 5.32 Å². The Morgan fingerprint density at radius 3 is 3.00 bits per heavy atom. The molecule has 0 bridgehead atoms. The average Bonchev–Trinajstić information content (AvgIpc) is 2.18. The van der Waals surface area contributed by atoms with Gasteiger partial charge in [-0.05, 0) is 18.1 Å². The highest BCUT2D eigenvalue weighted by molar-refractivity contribution is 5.70.